The molecule has 1 N–H and O–H groups in total. The number of rotatable bonds is 4. The molecule has 0 radical (unpaired) electrons. The molecule has 0 unspecified atom stereocenters. The van der Waals surface area contributed by atoms with Crippen LogP contribution in [0.1, 0.15) is 59.8 Å². The van der Waals surface area contributed by atoms with Crippen LogP contribution in [0.3, 0.4) is 0 Å². The summed E-state index contributed by atoms with van der Waals surface area (Å²) in [5.41, 5.74) is 4.92. The minimum absolute atomic E-state index is 0.0852. The third-order valence-corrected chi connectivity index (χ3v) is 5.29. The molecule has 0 bridgehead atoms. The van der Waals surface area contributed by atoms with Crippen LogP contribution in [0.5, 0.6) is 0 Å². The van der Waals surface area contributed by atoms with E-state index in [0.29, 0.717) is 24.9 Å². The quantitative estimate of drug-likeness (QED) is 0.883. The molecule has 0 saturated carbocycles. The van der Waals surface area contributed by atoms with Crippen LogP contribution in [0.25, 0.3) is 0 Å². The first-order valence-electron chi connectivity index (χ1n) is 9.47. The zero-order valence-corrected chi connectivity index (χ0v) is 16.3. The number of carbonyl (C=O) groups is 2. The maximum Gasteiger partial charge on any atom is 0.335 e. The van der Waals surface area contributed by atoms with Gasteiger partial charge in [0.05, 0.1) is 5.56 Å². The number of carboxylic acids is 1. The summed E-state index contributed by atoms with van der Waals surface area (Å²) in [6.07, 6.45) is 1.66. The van der Waals surface area contributed by atoms with Crippen molar-refractivity contribution in [2.45, 2.75) is 52.0 Å². The standard InChI is InChI=1S/C23H27NO3/c1-23(2,3)19-10-8-16-12-13-24(15-18(16)14-19)21(25)11-9-17-6-4-5-7-20(17)22(26)27/h4-8,10,14H,9,11-13,15H2,1-3H3,(H,26,27). The molecule has 1 heterocycles. The van der Waals surface area contributed by atoms with E-state index in [1.807, 2.05) is 11.0 Å². The van der Waals surface area contributed by atoms with E-state index in [4.69, 9.17) is 0 Å². The monoisotopic (exact) mass is 365 g/mol. The molecular weight excluding hydrogens is 338 g/mol. The second kappa shape index (κ2) is 7.55. The minimum atomic E-state index is -0.945. The minimum Gasteiger partial charge on any atom is -0.478 e. The van der Waals surface area contributed by atoms with Gasteiger partial charge in [-0.25, -0.2) is 4.79 Å². The van der Waals surface area contributed by atoms with Crippen molar-refractivity contribution in [3.63, 3.8) is 0 Å². The predicted molar refractivity (Wildman–Crippen MR) is 106 cm³/mol. The average molecular weight is 365 g/mol. The number of nitrogens with zero attached hydrogens (tertiary/aromatic N) is 1. The average Bonchev–Trinajstić information content (AvgIpc) is 2.64. The van der Waals surface area contributed by atoms with Crippen molar-refractivity contribution >= 4 is 11.9 Å². The normalized spacial score (nSPS) is 14.0. The maximum absolute atomic E-state index is 12.7. The van der Waals surface area contributed by atoms with E-state index in [-0.39, 0.29) is 16.9 Å². The number of hydrogen-bond acceptors (Lipinski definition) is 2. The van der Waals surface area contributed by atoms with Crippen LogP contribution in [0, 0.1) is 0 Å². The van der Waals surface area contributed by atoms with Gasteiger partial charge in [-0.05, 0) is 46.6 Å². The molecule has 0 atom stereocenters. The lowest BCUT2D eigenvalue weighted by molar-refractivity contribution is -0.132. The van der Waals surface area contributed by atoms with E-state index in [2.05, 4.69) is 39.0 Å². The third kappa shape index (κ3) is 4.38. The summed E-state index contributed by atoms with van der Waals surface area (Å²) < 4.78 is 0. The Balaban J connectivity index is 1.68. The van der Waals surface area contributed by atoms with Crippen molar-refractivity contribution in [1.29, 1.82) is 0 Å². The van der Waals surface area contributed by atoms with Crippen LogP contribution in [0.15, 0.2) is 42.5 Å². The van der Waals surface area contributed by atoms with Gasteiger partial charge < -0.3 is 10.0 Å². The summed E-state index contributed by atoms with van der Waals surface area (Å²) in [5.74, 6) is -0.860. The molecule has 0 aliphatic carbocycles. The Morgan fingerprint density at radius 1 is 1.07 bits per heavy atom. The number of amides is 1. The number of hydrogen-bond donors (Lipinski definition) is 1. The first-order valence-corrected chi connectivity index (χ1v) is 9.47. The van der Waals surface area contributed by atoms with E-state index < -0.39 is 5.97 Å². The molecule has 3 rings (SSSR count). The van der Waals surface area contributed by atoms with Gasteiger partial charge in [0.15, 0.2) is 0 Å². The van der Waals surface area contributed by atoms with Crippen molar-refractivity contribution in [3.05, 3.63) is 70.3 Å². The Kier molecular flexibility index (Phi) is 5.36. The second-order valence-electron chi connectivity index (χ2n) is 8.26. The molecule has 0 fully saturated rings. The number of benzene rings is 2. The van der Waals surface area contributed by atoms with Gasteiger partial charge >= 0.3 is 5.97 Å². The van der Waals surface area contributed by atoms with Crippen molar-refractivity contribution in [2.24, 2.45) is 0 Å². The van der Waals surface area contributed by atoms with Gasteiger partial charge in [0, 0.05) is 19.5 Å². The second-order valence-corrected chi connectivity index (χ2v) is 8.26. The van der Waals surface area contributed by atoms with Crippen LogP contribution in [-0.4, -0.2) is 28.4 Å². The van der Waals surface area contributed by atoms with Gasteiger partial charge in [0.25, 0.3) is 0 Å². The van der Waals surface area contributed by atoms with E-state index in [1.54, 1.807) is 18.2 Å². The Bertz CT molecular complexity index is 864. The molecule has 0 spiro atoms. The maximum atomic E-state index is 12.7. The van der Waals surface area contributed by atoms with Crippen molar-refractivity contribution in [2.75, 3.05) is 6.54 Å². The van der Waals surface area contributed by atoms with Gasteiger partial charge in [-0.15, -0.1) is 0 Å². The topological polar surface area (TPSA) is 57.6 Å². The number of carbonyl (C=O) groups excluding carboxylic acids is 1. The molecular formula is C23H27NO3. The zero-order chi connectivity index (χ0) is 19.6. The van der Waals surface area contributed by atoms with Crippen LogP contribution >= 0.6 is 0 Å². The summed E-state index contributed by atoms with van der Waals surface area (Å²) in [6, 6.07) is 13.5. The van der Waals surface area contributed by atoms with Crippen LogP contribution in [-0.2, 0) is 29.6 Å². The third-order valence-electron chi connectivity index (χ3n) is 5.29. The number of fused-ring (bicyclic) bond motifs is 1. The molecule has 1 aliphatic rings. The number of aromatic carboxylic acids is 1. The smallest absolute Gasteiger partial charge is 0.335 e. The highest BCUT2D eigenvalue weighted by Crippen LogP contribution is 2.28. The fraction of sp³-hybridized carbons (Fsp3) is 0.391. The number of carboxylic acid groups (broad SMARTS) is 1. The fourth-order valence-electron chi connectivity index (χ4n) is 3.58. The molecule has 2 aromatic carbocycles. The van der Waals surface area contributed by atoms with Crippen molar-refractivity contribution in [1.82, 2.24) is 4.90 Å². The van der Waals surface area contributed by atoms with Crippen LogP contribution in [0.4, 0.5) is 0 Å². The highest BCUT2D eigenvalue weighted by Gasteiger charge is 2.23. The van der Waals surface area contributed by atoms with E-state index in [9.17, 15) is 14.7 Å². The highest BCUT2D eigenvalue weighted by atomic mass is 16.4. The van der Waals surface area contributed by atoms with E-state index in [0.717, 1.165) is 13.0 Å². The van der Waals surface area contributed by atoms with Gasteiger partial charge in [0.2, 0.25) is 5.91 Å². The van der Waals surface area contributed by atoms with Gasteiger partial charge in [-0.1, -0.05) is 57.2 Å². The fourth-order valence-corrected chi connectivity index (χ4v) is 3.58. The molecule has 0 saturated heterocycles. The Morgan fingerprint density at radius 3 is 2.52 bits per heavy atom. The Hall–Kier alpha value is -2.62. The lowest BCUT2D eigenvalue weighted by Crippen LogP contribution is -2.36. The summed E-state index contributed by atoms with van der Waals surface area (Å²) in [6.45, 7) is 7.95. The molecule has 1 amide bonds. The lowest BCUT2D eigenvalue weighted by atomic mass is 9.84. The molecule has 4 nitrogen and oxygen atoms in total. The number of aryl methyl sites for hydroxylation is 1. The van der Waals surface area contributed by atoms with E-state index in [1.165, 1.54) is 16.7 Å². The van der Waals surface area contributed by atoms with Crippen LogP contribution in [0.2, 0.25) is 0 Å². The molecule has 4 heteroatoms. The van der Waals surface area contributed by atoms with Crippen LogP contribution < -0.4 is 0 Å². The molecule has 2 aromatic rings. The lowest BCUT2D eigenvalue weighted by Gasteiger charge is -2.31. The molecule has 0 aromatic heterocycles. The largest absolute Gasteiger partial charge is 0.478 e. The highest BCUT2D eigenvalue weighted by molar-refractivity contribution is 5.89. The summed E-state index contributed by atoms with van der Waals surface area (Å²) in [4.78, 5) is 25.9. The predicted octanol–water partition coefficient (Wildman–Crippen LogP) is 4.20. The van der Waals surface area contributed by atoms with Crippen molar-refractivity contribution < 1.29 is 14.7 Å². The van der Waals surface area contributed by atoms with Crippen molar-refractivity contribution in [3.8, 4) is 0 Å². The summed E-state index contributed by atoms with van der Waals surface area (Å²) in [7, 11) is 0. The first-order chi connectivity index (χ1) is 12.8. The van der Waals surface area contributed by atoms with Gasteiger partial charge in [0.1, 0.15) is 0 Å². The summed E-state index contributed by atoms with van der Waals surface area (Å²) in [5, 5.41) is 9.29. The van der Waals surface area contributed by atoms with Gasteiger partial charge in [-0.2, -0.15) is 0 Å². The zero-order valence-electron chi connectivity index (χ0n) is 16.3. The molecule has 142 valence electrons. The summed E-state index contributed by atoms with van der Waals surface area (Å²) >= 11 is 0. The molecule has 27 heavy (non-hydrogen) atoms. The Morgan fingerprint density at radius 2 is 1.81 bits per heavy atom. The molecule has 1 aliphatic heterocycles. The van der Waals surface area contributed by atoms with Gasteiger partial charge in [-0.3, -0.25) is 4.79 Å². The van der Waals surface area contributed by atoms with E-state index >= 15 is 0 Å². The SMILES string of the molecule is CC(C)(C)c1ccc2c(c1)CN(C(=O)CCc1ccccc1C(=O)O)CC2. The first kappa shape index (κ1) is 19.2. The Labute approximate surface area is 160 Å².